The third kappa shape index (κ3) is 26.2. The molecule has 0 aliphatic heterocycles. The first-order valence-corrected chi connectivity index (χ1v) is 17.3. The van der Waals surface area contributed by atoms with Crippen LogP contribution in [0, 0.1) is 17.8 Å². The molecule has 1 aromatic carbocycles. The van der Waals surface area contributed by atoms with Gasteiger partial charge in [0.1, 0.15) is 5.94 Å². The minimum atomic E-state index is -0.441. The van der Waals surface area contributed by atoms with E-state index >= 15 is 0 Å². The molecule has 0 aliphatic rings. The van der Waals surface area contributed by atoms with Crippen LogP contribution in [-0.4, -0.2) is 96.5 Å². The van der Waals surface area contributed by atoms with Crippen molar-refractivity contribution in [3.63, 3.8) is 0 Å². The van der Waals surface area contributed by atoms with E-state index < -0.39 is 6.09 Å². The molecule has 1 rings (SSSR count). The predicted molar refractivity (Wildman–Crippen MR) is 181 cm³/mol. The van der Waals surface area contributed by atoms with Crippen molar-refractivity contribution in [1.82, 2.24) is 16.0 Å². The Hall–Kier alpha value is -1.98. The van der Waals surface area contributed by atoms with E-state index in [4.69, 9.17) is 23.7 Å². The third-order valence-electron chi connectivity index (χ3n) is 5.31. The maximum absolute atomic E-state index is 12.2. The molecule has 0 aromatic heterocycles. The smallest absolute Gasteiger partial charge is 0.407 e. The van der Waals surface area contributed by atoms with E-state index in [0.29, 0.717) is 84.3 Å². The number of hydrogen-bond acceptors (Lipinski definition) is 10. The monoisotopic (exact) mass is 647 g/mol. The van der Waals surface area contributed by atoms with Crippen molar-refractivity contribution < 1.29 is 37.6 Å². The molecule has 0 saturated carbocycles. The van der Waals surface area contributed by atoms with Gasteiger partial charge in [-0.2, -0.15) is 0 Å². The second kappa shape index (κ2) is 27.6. The molecule has 0 spiro atoms. The lowest BCUT2D eigenvalue weighted by molar-refractivity contribution is -0.120. The Morgan fingerprint density at radius 2 is 1.47 bits per heavy atom. The highest BCUT2D eigenvalue weighted by atomic mass is 33.1. The lowest BCUT2D eigenvalue weighted by atomic mass is 10.1. The molecule has 0 unspecified atom stereocenters. The average molecular weight is 648 g/mol. The van der Waals surface area contributed by atoms with Gasteiger partial charge >= 0.3 is 6.09 Å². The lowest BCUT2D eigenvalue weighted by Gasteiger charge is -2.09. The molecule has 250 valence electrons. The molecule has 0 fully saturated rings. The van der Waals surface area contributed by atoms with Crippen molar-refractivity contribution in [2.45, 2.75) is 57.9 Å². The molecule has 0 aliphatic carbocycles. The molecule has 0 radical (unpaired) electrons. The van der Waals surface area contributed by atoms with E-state index in [1.165, 1.54) is 0 Å². The van der Waals surface area contributed by atoms with Gasteiger partial charge in [-0.1, -0.05) is 73.3 Å². The fourth-order valence-electron chi connectivity index (χ4n) is 3.21. The third-order valence-corrected chi connectivity index (χ3v) is 7.38. The van der Waals surface area contributed by atoms with Crippen molar-refractivity contribution in [3.8, 4) is 11.8 Å². The quantitative estimate of drug-likeness (QED) is 0.0579. The zero-order valence-electron chi connectivity index (χ0n) is 26.2. The van der Waals surface area contributed by atoms with E-state index in [1.54, 1.807) is 21.6 Å². The van der Waals surface area contributed by atoms with E-state index in [2.05, 4.69) is 41.6 Å². The Morgan fingerprint density at radius 1 is 0.814 bits per heavy atom. The van der Waals surface area contributed by atoms with E-state index in [9.17, 15) is 9.59 Å². The van der Waals surface area contributed by atoms with Gasteiger partial charge in [-0.05, 0) is 30.5 Å². The van der Waals surface area contributed by atoms with Crippen LogP contribution < -0.4 is 16.0 Å². The van der Waals surface area contributed by atoms with Crippen LogP contribution in [0.2, 0.25) is 0 Å². The number of alkyl carbamates (subject to hydrolysis) is 1. The van der Waals surface area contributed by atoms with Gasteiger partial charge in [-0.25, -0.2) is 4.79 Å². The molecular formula is C31H57N3O7S2. The molecule has 10 nitrogen and oxygen atoms in total. The van der Waals surface area contributed by atoms with Crippen LogP contribution >= 0.6 is 21.6 Å². The van der Waals surface area contributed by atoms with Gasteiger partial charge in [-0.3, -0.25) is 4.79 Å². The summed E-state index contributed by atoms with van der Waals surface area (Å²) >= 11 is 0. The lowest BCUT2D eigenvalue weighted by Crippen LogP contribution is -2.29. The summed E-state index contributed by atoms with van der Waals surface area (Å²) in [5.41, 5.74) is 0.957. The van der Waals surface area contributed by atoms with Crippen molar-refractivity contribution >= 4 is 33.6 Å². The average Bonchev–Trinajstić information content (AvgIpc) is 2.97. The van der Waals surface area contributed by atoms with Crippen molar-refractivity contribution in [3.05, 3.63) is 29.8 Å². The van der Waals surface area contributed by atoms with E-state index in [0.717, 1.165) is 29.8 Å². The molecule has 0 saturated heterocycles. The minimum absolute atomic E-state index is 0. The number of benzene rings is 1. The number of nitrogens with one attached hydrogen (secondary N) is 3. The Kier molecular flexibility index (Phi) is 25.0. The molecule has 0 atom stereocenters. The van der Waals surface area contributed by atoms with Gasteiger partial charge in [0.05, 0.1) is 59.2 Å². The van der Waals surface area contributed by atoms with Crippen molar-refractivity contribution in [2.75, 3.05) is 78.4 Å². The maximum Gasteiger partial charge on any atom is 0.407 e. The van der Waals surface area contributed by atoms with Crippen LogP contribution in [0.15, 0.2) is 29.2 Å². The largest absolute Gasteiger partial charge is 0.450 e. The Bertz CT molecular complexity index is 925. The molecule has 12 heteroatoms. The molecule has 1 aromatic rings. The van der Waals surface area contributed by atoms with Crippen LogP contribution in [0.25, 0.3) is 0 Å². The zero-order valence-corrected chi connectivity index (χ0v) is 27.9. The highest BCUT2D eigenvalue weighted by molar-refractivity contribution is 8.76. The summed E-state index contributed by atoms with van der Waals surface area (Å²) in [5, 5.41) is 8.78. The fourth-order valence-corrected chi connectivity index (χ4v) is 4.92. The topological polar surface area (TPSA) is 116 Å². The Balaban J connectivity index is -0.00000616. The fraction of sp³-hybridized carbons (Fsp3) is 0.677. The van der Waals surface area contributed by atoms with Gasteiger partial charge in [-0.15, -0.1) is 0 Å². The molecular weight excluding hydrogens is 590 g/mol. The first-order valence-electron chi connectivity index (χ1n) is 14.9. The highest BCUT2D eigenvalue weighted by Gasteiger charge is 2.04. The van der Waals surface area contributed by atoms with Crippen LogP contribution in [-0.2, 0) is 34.9 Å². The summed E-state index contributed by atoms with van der Waals surface area (Å²) in [7, 11) is 3.24. The maximum atomic E-state index is 12.2. The second-order valence-corrected chi connectivity index (χ2v) is 12.3. The summed E-state index contributed by atoms with van der Waals surface area (Å²) in [5.74, 6) is 6.66. The number of ether oxygens (including phenoxy) is 5. The van der Waals surface area contributed by atoms with Gasteiger partial charge in [0.25, 0.3) is 0 Å². The summed E-state index contributed by atoms with van der Waals surface area (Å²) in [6, 6.07) is 8.42. The Labute approximate surface area is 270 Å². The minimum Gasteiger partial charge on any atom is -0.450 e. The standard InChI is InChI=1S/C31H51N3O7S2.3H2/c1-26(2)8-7-13-34-31(36)41-17-6-5-16-40-25-42-43-29-11-9-28(10-12-29)24-30(35)33-15-19-38-21-23-39-22-20-37-18-14-32-27(3)4;;;/h9-12,26-27,32H,5-6,13-25H2,1-4H3,(H,33,35)(H,34,36);3*1H. The summed E-state index contributed by atoms with van der Waals surface area (Å²) in [6.07, 6.45) is 1.45. The molecule has 0 bridgehead atoms. The predicted octanol–water partition coefficient (Wildman–Crippen LogP) is 5.01. The van der Waals surface area contributed by atoms with Gasteiger partial charge in [0.2, 0.25) is 5.91 Å². The van der Waals surface area contributed by atoms with E-state index in [-0.39, 0.29) is 16.1 Å². The Morgan fingerprint density at radius 3 is 2.14 bits per heavy atom. The highest BCUT2D eigenvalue weighted by Crippen LogP contribution is 2.31. The summed E-state index contributed by atoms with van der Waals surface area (Å²) in [4.78, 5) is 24.8. The molecule has 2 amide bonds. The number of amides is 2. The molecule has 43 heavy (non-hydrogen) atoms. The van der Waals surface area contributed by atoms with E-state index in [1.807, 2.05) is 38.1 Å². The van der Waals surface area contributed by atoms with Crippen molar-refractivity contribution in [2.24, 2.45) is 5.92 Å². The van der Waals surface area contributed by atoms with Crippen molar-refractivity contribution in [1.29, 1.82) is 0 Å². The first-order chi connectivity index (χ1) is 20.9. The van der Waals surface area contributed by atoms with Crippen LogP contribution in [0.4, 0.5) is 4.79 Å². The summed E-state index contributed by atoms with van der Waals surface area (Å²) < 4.78 is 27.2. The number of carbonyl (C=O) groups is 2. The van der Waals surface area contributed by atoms with Crippen LogP contribution in [0.5, 0.6) is 0 Å². The first kappa shape index (κ1) is 39.0. The van der Waals surface area contributed by atoms with Crippen LogP contribution in [0.3, 0.4) is 0 Å². The molecule has 3 N–H and O–H groups in total. The molecule has 0 heterocycles. The zero-order chi connectivity index (χ0) is 31.4. The second-order valence-electron chi connectivity index (χ2n) is 10.0. The summed E-state index contributed by atoms with van der Waals surface area (Å²) in [6.45, 7) is 14.0. The van der Waals surface area contributed by atoms with Crippen LogP contribution in [0.1, 0.15) is 50.4 Å². The number of rotatable bonds is 25. The normalized spacial score (nSPS) is 10.9. The number of unbranched alkanes of at least 4 members (excludes halogenated alkanes) is 1. The number of hydrogen-bond donors (Lipinski definition) is 3. The van der Waals surface area contributed by atoms with Gasteiger partial charge in [0.15, 0.2) is 0 Å². The van der Waals surface area contributed by atoms with Gasteiger partial charge < -0.3 is 39.6 Å². The SMILES string of the molecule is CC(C)C#CCNC(=O)OCCCCOCSSc1ccc(CC(=O)NCCOCCOCCOCCNC(C)C)cc1.[HH].[HH].[HH]. The number of carbonyl (C=O) groups excluding carboxylic acids is 2. The van der Waals surface area contributed by atoms with Gasteiger partial charge in [0, 0.05) is 40.8 Å².